The lowest BCUT2D eigenvalue weighted by Gasteiger charge is -2.20. The fraction of sp³-hybridized carbons (Fsp3) is 0.912. The minimum Gasteiger partial charge on any atom is -0.466 e. The molecular formula is C68H131NO5. The summed E-state index contributed by atoms with van der Waals surface area (Å²) in [5, 5.41) is 23.2. The Labute approximate surface area is 462 Å². The summed E-state index contributed by atoms with van der Waals surface area (Å²) in [6.07, 6.45) is 79.5. The van der Waals surface area contributed by atoms with Crippen LogP contribution in [0, 0.1) is 0 Å². The highest BCUT2D eigenvalue weighted by atomic mass is 16.5. The van der Waals surface area contributed by atoms with Crippen molar-refractivity contribution in [2.75, 3.05) is 13.2 Å². The van der Waals surface area contributed by atoms with Gasteiger partial charge in [0.25, 0.3) is 0 Å². The molecule has 0 aromatic heterocycles. The number of hydrogen-bond donors (Lipinski definition) is 3. The highest BCUT2D eigenvalue weighted by molar-refractivity contribution is 5.76. The SMILES string of the molecule is CCCCCCCCCCCCCCCCCCCCC/C=C/C(O)C(CO)NC(=O)CCCCCCCCCC/C=C\CCCCCCCCCCCCCCOC(=O)CCCCCCCCCCCCCC. The van der Waals surface area contributed by atoms with E-state index < -0.39 is 12.1 Å². The lowest BCUT2D eigenvalue weighted by atomic mass is 10.0. The van der Waals surface area contributed by atoms with E-state index in [0.717, 1.165) is 38.5 Å². The molecule has 2 unspecified atom stereocenters. The molecule has 0 aromatic rings. The van der Waals surface area contributed by atoms with Crippen LogP contribution in [-0.4, -0.2) is 47.4 Å². The third kappa shape index (κ3) is 59.6. The summed E-state index contributed by atoms with van der Waals surface area (Å²) in [6.45, 7) is 4.93. The summed E-state index contributed by atoms with van der Waals surface area (Å²) >= 11 is 0. The first-order valence-corrected chi connectivity index (χ1v) is 33.6. The van der Waals surface area contributed by atoms with Crippen LogP contribution in [0.25, 0.3) is 0 Å². The summed E-state index contributed by atoms with van der Waals surface area (Å²) in [7, 11) is 0. The van der Waals surface area contributed by atoms with Gasteiger partial charge in [0, 0.05) is 12.8 Å². The maximum atomic E-state index is 12.5. The van der Waals surface area contributed by atoms with Gasteiger partial charge in [0.05, 0.1) is 25.4 Å². The predicted octanol–water partition coefficient (Wildman–Crippen LogP) is 21.4. The van der Waals surface area contributed by atoms with Crippen molar-refractivity contribution in [3.05, 3.63) is 24.3 Å². The molecule has 0 radical (unpaired) electrons. The van der Waals surface area contributed by atoms with E-state index in [2.05, 4.69) is 31.3 Å². The topological polar surface area (TPSA) is 95.9 Å². The summed E-state index contributed by atoms with van der Waals surface area (Å²) in [5.74, 6) is -0.0555. The number of allylic oxidation sites excluding steroid dienone is 3. The zero-order chi connectivity index (χ0) is 53.6. The molecule has 0 aliphatic rings. The van der Waals surface area contributed by atoms with Crippen molar-refractivity contribution in [1.29, 1.82) is 0 Å². The number of aliphatic hydroxyl groups is 2. The van der Waals surface area contributed by atoms with Crippen molar-refractivity contribution in [1.82, 2.24) is 5.32 Å². The van der Waals surface area contributed by atoms with Gasteiger partial charge in [-0.25, -0.2) is 0 Å². The summed E-state index contributed by atoms with van der Waals surface area (Å²) < 4.78 is 5.48. The quantitative estimate of drug-likeness (QED) is 0.0320. The number of amides is 1. The smallest absolute Gasteiger partial charge is 0.305 e. The zero-order valence-corrected chi connectivity index (χ0v) is 50.1. The molecule has 0 aromatic carbocycles. The van der Waals surface area contributed by atoms with Crippen molar-refractivity contribution in [2.24, 2.45) is 0 Å². The van der Waals surface area contributed by atoms with E-state index in [-0.39, 0.29) is 18.5 Å². The summed E-state index contributed by atoms with van der Waals surface area (Å²) in [5.41, 5.74) is 0. The first-order chi connectivity index (χ1) is 36.5. The molecule has 0 fully saturated rings. The molecule has 0 saturated carbocycles. The fourth-order valence-corrected chi connectivity index (χ4v) is 10.6. The van der Waals surface area contributed by atoms with E-state index in [4.69, 9.17) is 4.74 Å². The first-order valence-electron chi connectivity index (χ1n) is 33.6. The average molecular weight is 1040 g/mol. The number of aliphatic hydroxyl groups excluding tert-OH is 2. The minimum absolute atomic E-state index is 0.0133. The van der Waals surface area contributed by atoms with E-state index in [1.807, 2.05) is 6.08 Å². The monoisotopic (exact) mass is 1040 g/mol. The molecule has 3 N–H and O–H groups in total. The van der Waals surface area contributed by atoms with Gasteiger partial charge < -0.3 is 20.3 Å². The van der Waals surface area contributed by atoms with E-state index in [0.29, 0.717) is 19.4 Å². The second-order valence-corrected chi connectivity index (χ2v) is 23.2. The number of carbonyl (C=O) groups excluding carboxylic acids is 2. The number of hydrogen-bond acceptors (Lipinski definition) is 5. The second-order valence-electron chi connectivity index (χ2n) is 23.2. The van der Waals surface area contributed by atoms with Crippen molar-refractivity contribution in [3.8, 4) is 0 Å². The Morgan fingerprint density at radius 2 is 0.635 bits per heavy atom. The number of esters is 1. The van der Waals surface area contributed by atoms with Gasteiger partial charge in [-0.3, -0.25) is 9.59 Å². The Morgan fingerprint density at radius 3 is 0.959 bits per heavy atom. The molecule has 0 heterocycles. The van der Waals surface area contributed by atoms with Gasteiger partial charge in [-0.1, -0.05) is 327 Å². The van der Waals surface area contributed by atoms with Gasteiger partial charge in [0.15, 0.2) is 0 Å². The Morgan fingerprint density at radius 1 is 0.365 bits per heavy atom. The molecule has 438 valence electrons. The molecule has 2 atom stereocenters. The van der Waals surface area contributed by atoms with Gasteiger partial charge in [-0.05, 0) is 57.8 Å². The maximum absolute atomic E-state index is 12.5. The highest BCUT2D eigenvalue weighted by Gasteiger charge is 2.18. The van der Waals surface area contributed by atoms with E-state index >= 15 is 0 Å². The summed E-state index contributed by atoms with van der Waals surface area (Å²) in [6, 6.07) is -0.632. The van der Waals surface area contributed by atoms with E-state index in [9.17, 15) is 19.8 Å². The molecule has 0 spiro atoms. The van der Waals surface area contributed by atoms with Crippen LogP contribution in [-0.2, 0) is 14.3 Å². The van der Waals surface area contributed by atoms with Crippen molar-refractivity contribution in [2.45, 2.75) is 386 Å². The molecule has 0 bridgehead atoms. The van der Waals surface area contributed by atoms with Crippen LogP contribution in [0.5, 0.6) is 0 Å². The maximum Gasteiger partial charge on any atom is 0.305 e. The van der Waals surface area contributed by atoms with Crippen molar-refractivity contribution < 1.29 is 24.5 Å². The fourth-order valence-electron chi connectivity index (χ4n) is 10.6. The van der Waals surface area contributed by atoms with E-state index in [1.165, 1.54) is 308 Å². The Kier molecular flexibility index (Phi) is 62.4. The molecule has 0 saturated heterocycles. The number of ether oxygens (including phenoxy) is 1. The number of nitrogens with one attached hydrogen (secondary N) is 1. The Bertz CT molecular complexity index is 1150. The molecule has 0 rings (SSSR count). The van der Waals surface area contributed by atoms with Crippen LogP contribution in [0.2, 0.25) is 0 Å². The van der Waals surface area contributed by atoms with Crippen LogP contribution in [0.1, 0.15) is 373 Å². The van der Waals surface area contributed by atoms with Crippen LogP contribution < -0.4 is 5.32 Å². The van der Waals surface area contributed by atoms with Crippen molar-refractivity contribution in [3.63, 3.8) is 0 Å². The molecule has 1 amide bonds. The first kappa shape index (κ1) is 72.3. The Hall–Kier alpha value is -1.66. The minimum atomic E-state index is -0.848. The molecule has 0 aliphatic heterocycles. The molecule has 6 nitrogen and oxygen atoms in total. The van der Waals surface area contributed by atoms with E-state index in [1.54, 1.807) is 6.08 Å². The molecule has 0 aliphatic carbocycles. The van der Waals surface area contributed by atoms with Crippen LogP contribution >= 0.6 is 0 Å². The number of unbranched alkanes of at least 4 members (excludes halogenated alkanes) is 50. The standard InChI is InChI=1S/C68H131NO5/c1-3-5-7-9-11-13-15-17-18-19-20-25-28-31-34-37-40-44-48-52-56-60-66(71)65(64-70)69-67(72)61-57-53-49-45-41-38-35-32-29-26-23-21-22-24-27-30-33-36-39-43-47-51-55-59-63-74-68(73)62-58-54-50-46-42-16-14-12-10-8-6-4-2/h23,26,56,60,65-66,70-71H,3-22,24-25,27-55,57-59,61-64H2,1-2H3,(H,69,72)/b26-23-,60-56+. The van der Waals surface area contributed by atoms with Crippen molar-refractivity contribution >= 4 is 11.9 Å². The third-order valence-electron chi connectivity index (χ3n) is 15.7. The number of rotatable bonds is 63. The average Bonchev–Trinajstić information content (AvgIpc) is 3.40. The largest absolute Gasteiger partial charge is 0.466 e. The Balaban J connectivity index is 3.43. The van der Waals surface area contributed by atoms with Gasteiger partial charge in [0.2, 0.25) is 5.91 Å². The normalized spacial score (nSPS) is 12.6. The van der Waals surface area contributed by atoms with Crippen LogP contribution in [0.3, 0.4) is 0 Å². The highest BCUT2D eigenvalue weighted by Crippen LogP contribution is 2.18. The number of carbonyl (C=O) groups is 2. The third-order valence-corrected chi connectivity index (χ3v) is 15.7. The molecule has 74 heavy (non-hydrogen) atoms. The lowest BCUT2D eigenvalue weighted by molar-refractivity contribution is -0.143. The van der Waals surface area contributed by atoms with Gasteiger partial charge in [-0.15, -0.1) is 0 Å². The van der Waals surface area contributed by atoms with Gasteiger partial charge >= 0.3 is 5.97 Å². The van der Waals surface area contributed by atoms with Crippen LogP contribution in [0.15, 0.2) is 24.3 Å². The second kappa shape index (κ2) is 63.9. The molecule has 6 heteroatoms. The molecular weight excluding hydrogens is 911 g/mol. The lowest BCUT2D eigenvalue weighted by Crippen LogP contribution is -2.45. The van der Waals surface area contributed by atoms with Gasteiger partial charge in [-0.2, -0.15) is 0 Å². The van der Waals surface area contributed by atoms with Crippen LogP contribution in [0.4, 0.5) is 0 Å². The summed E-state index contributed by atoms with van der Waals surface area (Å²) in [4.78, 5) is 24.5. The predicted molar refractivity (Wildman–Crippen MR) is 324 cm³/mol. The van der Waals surface area contributed by atoms with Gasteiger partial charge in [0.1, 0.15) is 0 Å². The zero-order valence-electron chi connectivity index (χ0n) is 50.1.